The highest BCUT2D eigenvalue weighted by Gasteiger charge is 2.11. The lowest BCUT2D eigenvalue weighted by Gasteiger charge is -2.19. The zero-order chi connectivity index (χ0) is 9.56. The molecule has 1 unspecified atom stereocenters. The number of rotatable bonds is 6. The molecule has 70 valence electrons. The summed E-state index contributed by atoms with van der Waals surface area (Å²) >= 11 is 0. The quantitative estimate of drug-likeness (QED) is 0.515. The van der Waals surface area contributed by atoms with Gasteiger partial charge in [0, 0.05) is 0 Å². The fourth-order valence-corrected chi connectivity index (χ4v) is 1.61. The Morgan fingerprint density at radius 2 is 1.67 bits per heavy atom. The van der Waals surface area contributed by atoms with Gasteiger partial charge >= 0.3 is 0 Å². The Labute approximate surface area is 77.4 Å². The Morgan fingerprint density at radius 3 is 2.00 bits per heavy atom. The first-order valence-corrected chi connectivity index (χ1v) is 5.02. The van der Waals surface area contributed by atoms with E-state index in [2.05, 4.69) is 33.9 Å². The van der Waals surface area contributed by atoms with Crippen molar-refractivity contribution in [2.45, 2.75) is 46.5 Å². The molecule has 0 spiro atoms. The summed E-state index contributed by atoms with van der Waals surface area (Å²) in [5, 5.41) is 0. The fourth-order valence-electron chi connectivity index (χ4n) is 1.61. The van der Waals surface area contributed by atoms with E-state index in [1.165, 1.54) is 17.6 Å². The third-order valence-corrected chi connectivity index (χ3v) is 2.42. The minimum absolute atomic E-state index is 0.565. The van der Waals surface area contributed by atoms with E-state index in [0.717, 1.165) is 19.3 Å². The molecular formula is C12H22. The largest absolute Gasteiger partial charge is 0.0993 e. The van der Waals surface area contributed by atoms with Crippen LogP contribution in [0.15, 0.2) is 24.3 Å². The summed E-state index contributed by atoms with van der Waals surface area (Å²) in [6, 6.07) is 0. The molecule has 0 aromatic heterocycles. The fraction of sp³-hybridized carbons (Fsp3) is 0.667. The summed E-state index contributed by atoms with van der Waals surface area (Å²) in [6.45, 7) is 14.8. The first kappa shape index (κ1) is 11.5. The molecule has 0 heterocycles. The van der Waals surface area contributed by atoms with Gasteiger partial charge in [-0.05, 0) is 25.2 Å². The van der Waals surface area contributed by atoms with Gasteiger partial charge in [0.05, 0.1) is 0 Å². The van der Waals surface area contributed by atoms with Crippen LogP contribution in [-0.4, -0.2) is 0 Å². The first-order valence-electron chi connectivity index (χ1n) is 5.02. The molecule has 1 atom stereocenters. The van der Waals surface area contributed by atoms with Crippen molar-refractivity contribution in [2.75, 3.05) is 0 Å². The van der Waals surface area contributed by atoms with Crippen molar-refractivity contribution in [3.05, 3.63) is 24.3 Å². The minimum atomic E-state index is 0.565. The standard InChI is InChI=1S/C12H22/c1-6-9-11(5)12(8-3)10(4)7-2/h12H,4-9H2,1-3H3. The average Bonchev–Trinajstić information content (AvgIpc) is 2.06. The van der Waals surface area contributed by atoms with Gasteiger partial charge in [-0.15, -0.1) is 0 Å². The first-order chi connectivity index (χ1) is 5.67. The average molecular weight is 166 g/mol. The van der Waals surface area contributed by atoms with Gasteiger partial charge in [0.1, 0.15) is 0 Å². The van der Waals surface area contributed by atoms with Crippen LogP contribution in [0.3, 0.4) is 0 Å². The Balaban J connectivity index is 4.14. The zero-order valence-corrected chi connectivity index (χ0v) is 8.82. The van der Waals surface area contributed by atoms with Crippen LogP contribution in [0, 0.1) is 5.92 Å². The summed E-state index contributed by atoms with van der Waals surface area (Å²) in [4.78, 5) is 0. The second-order valence-electron chi connectivity index (χ2n) is 3.38. The highest BCUT2D eigenvalue weighted by Crippen LogP contribution is 2.26. The van der Waals surface area contributed by atoms with Crippen molar-refractivity contribution < 1.29 is 0 Å². The molecule has 0 aromatic rings. The monoisotopic (exact) mass is 166 g/mol. The molecule has 0 aromatic carbocycles. The van der Waals surface area contributed by atoms with Crippen LogP contribution in [-0.2, 0) is 0 Å². The van der Waals surface area contributed by atoms with Gasteiger partial charge in [0.2, 0.25) is 0 Å². The van der Waals surface area contributed by atoms with Crippen LogP contribution in [0.25, 0.3) is 0 Å². The van der Waals surface area contributed by atoms with Crippen LogP contribution < -0.4 is 0 Å². The smallest absolute Gasteiger partial charge is 0.000119 e. The number of allylic oxidation sites excluding steroid dienone is 2. The lowest BCUT2D eigenvalue weighted by atomic mass is 9.87. The van der Waals surface area contributed by atoms with Crippen LogP contribution in [0.2, 0.25) is 0 Å². The van der Waals surface area contributed by atoms with Crippen molar-refractivity contribution in [1.29, 1.82) is 0 Å². The molecule has 0 aliphatic rings. The second kappa shape index (κ2) is 6.05. The van der Waals surface area contributed by atoms with Gasteiger partial charge in [-0.3, -0.25) is 0 Å². The lowest BCUT2D eigenvalue weighted by molar-refractivity contribution is 0.630. The highest BCUT2D eigenvalue weighted by molar-refractivity contribution is 5.15. The van der Waals surface area contributed by atoms with Gasteiger partial charge in [-0.1, -0.05) is 51.5 Å². The molecule has 0 amide bonds. The molecule has 0 nitrogen and oxygen atoms in total. The molecule has 0 N–H and O–H groups in total. The summed E-state index contributed by atoms with van der Waals surface area (Å²) < 4.78 is 0. The van der Waals surface area contributed by atoms with Crippen LogP contribution in [0.4, 0.5) is 0 Å². The Hall–Kier alpha value is -0.520. The lowest BCUT2D eigenvalue weighted by Crippen LogP contribution is -2.04. The number of hydrogen-bond acceptors (Lipinski definition) is 0. The molecule has 0 radical (unpaired) electrons. The van der Waals surface area contributed by atoms with E-state index in [0.29, 0.717) is 5.92 Å². The normalized spacial score (nSPS) is 12.6. The number of hydrogen-bond donors (Lipinski definition) is 0. The summed E-state index contributed by atoms with van der Waals surface area (Å²) in [5.74, 6) is 0.565. The van der Waals surface area contributed by atoms with Crippen LogP contribution >= 0.6 is 0 Å². The molecule has 0 heteroatoms. The topological polar surface area (TPSA) is 0 Å². The zero-order valence-electron chi connectivity index (χ0n) is 8.82. The van der Waals surface area contributed by atoms with Gasteiger partial charge in [-0.2, -0.15) is 0 Å². The van der Waals surface area contributed by atoms with E-state index in [1.807, 2.05) is 0 Å². The molecule has 0 aliphatic heterocycles. The second-order valence-corrected chi connectivity index (χ2v) is 3.38. The highest BCUT2D eigenvalue weighted by atomic mass is 14.2. The van der Waals surface area contributed by atoms with Gasteiger partial charge in [-0.25, -0.2) is 0 Å². The predicted octanol–water partition coefficient (Wildman–Crippen LogP) is 4.34. The van der Waals surface area contributed by atoms with E-state index < -0.39 is 0 Å². The Kier molecular flexibility index (Phi) is 5.79. The molecule has 0 aliphatic carbocycles. The molecule has 0 saturated carbocycles. The minimum Gasteiger partial charge on any atom is -0.0993 e. The van der Waals surface area contributed by atoms with E-state index in [1.54, 1.807) is 0 Å². The Bertz CT molecular complexity index is 153. The van der Waals surface area contributed by atoms with E-state index >= 15 is 0 Å². The third-order valence-electron chi connectivity index (χ3n) is 2.42. The molecule has 0 bridgehead atoms. The molecule has 0 saturated heterocycles. The van der Waals surface area contributed by atoms with Gasteiger partial charge < -0.3 is 0 Å². The van der Waals surface area contributed by atoms with Crippen molar-refractivity contribution in [3.63, 3.8) is 0 Å². The van der Waals surface area contributed by atoms with E-state index in [-0.39, 0.29) is 0 Å². The van der Waals surface area contributed by atoms with Crippen LogP contribution in [0.1, 0.15) is 46.5 Å². The maximum Gasteiger partial charge on any atom is -0.000119 e. The Morgan fingerprint density at radius 1 is 1.08 bits per heavy atom. The van der Waals surface area contributed by atoms with Crippen molar-refractivity contribution in [2.24, 2.45) is 5.92 Å². The summed E-state index contributed by atoms with van der Waals surface area (Å²) in [7, 11) is 0. The van der Waals surface area contributed by atoms with E-state index in [9.17, 15) is 0 Å². The van der Waals surface area contributed by atoms with Gasteiger partial charge in [0.15, 0.2) is 0 Å². The molecular weight excluding hydrogens is 144 g/mol. The van der Waals surface area contributed by atoms with Crippen LogP contribution in [0.5, 0.6) is 0 Å². The van der Waals surface area contributed by atoms with E-state index in [4.69, 9.17) is 0 Å². The van der Waals surface area contributed by atoms with Crippen molar-refractivity contribution >= 4 is 0 Å². The van der Waals surface area contributed by atoms with Gasteiger partial charge in [0.25, 0.3) is 0 Å². The maximum atomic E-state index is 4.12. The SMILES string of the molecule is C=C(CC)C(CC)C(=C)CCC. The molecule has 12 heavy (non-hydrogen) atoms. The maximum absolute atomic E-state index is 4.12. The molecule has 0 rings (SSSR count). The summed E-state index contributed by atoms with van der Waals surface area (Å²) in [5.41, 5.74) is 2.71. The summed E-state index contributed by atoms with van der Waals surface area (Å²) in [6.07, 6.45) is 4.59. The van der Waals surface area contributed by atoms with Crippen molar-refractivity contribution in [3.8, 4) is 0 Å². The third kappa shape index (κ3) is 3.25. The molecule has 0 fully saturated rings. The van der Waals surface area contributed by atoms with Crippen molar-refractivity contribution in [1.82, 2.24) is 0 Å². The predicted molar refractivity (Wildman–Crippen MR) is 57.3 cm³/mol.